The molecule has 0 unspecified atom stereocenters. The number of nitrogens with zero attached hydrogens (tertiary/aromatic N) is 1. The molecule has 0 aliphatic carbocycles. The van der Waals surface area contributed by atoms with Crippen LogP contribution in [0, 0.1) is 5.82 Å². The molecule has 1 rings (SSSR count). The molecule has 0 aliphatic heterocycles. The number of aromatic nitrogens is 1. The van der Waals surface area contributed by atoms with E-state index in [2.05, 4.69) is 9.72 Å². The zero-order chi connectivity index (χ0) is 13.0. The number of hydrogen-bond acceptors (Lipinski definition) is 4. The number of pyridine rings is 1. The molecule has 0 bridgehead atoms. The largest absolute Gasteiger partial charge is 0.466 e. The smallest absolute Gasteiger partial charge is 0.311 e. The van der Waals surface area contributed by atoms with Crippen LogP contribution in [0.2, 0.25) is 0 Å². The van der Waals surface area contributed by atoms with Crippen molar-refractivity contribution in [2.45, 2.75) is 19.8 Å². The quantitative estimate of drug-likeness (QED) is 0.826. The lowest BCUT2D eigenvalue weighted by Crippen LogP contribution is -2.11. The summed E-state index contributed by atoms with van der Waals surface area (Å²) in [6.07, 6.45) is -3.35. The van der Waals surface area contributed by atoms with Crippen LogP contribution in [-0.2, 0) is 16.0 Å². The number of nitrogens with two attached hydrogens (primary N) is 1. The van der Waals surface area contributed by atoms with Crippen molar-refractivity contribution in [3.05, 3.63) is 23.1 Å². The SMILES string of the molecule is CCOC(=O)Cc1cc(F)c(C(F)F)c(N)n1. The van der Waals surface area contributed by atoms with Crippen LogP contribution < -0.4 is 5.73 Å². The molecule has 0 aromatic carbocycles. The fourth-order valence-electron chi connectivity index (χ4n) is 1.26. The number of halogens is 3. The van der Waals surface area contributed by atoms with E-state index in [4.69, 9.17) is 5.73 Å². The number of carbonyl (C=O) groups excluding carboxylic acids is 1. The Morgan fingerprint density at radius 3 is 2.71 bits per heavy atom. The van der Waals surface area contributed by atoms with Gasteiger partial charge in [0.1, 0.15) is 11.6 Å². The Morgan fingerprint density at radius 1 is 1.59 bits per heavy atom. The third-order valence-corrected chi connectivity index (χ3v) is 1.94. The second-order valence-electron chi connectivity index (χ2n) is 3.18. The van der Waals surface area contributed by atoms with E-state index >= 15 is 0 Å². The normalized spacial score (nSPS) is 10.6. The molecule has 0 amide bonds. The molecule has 0 saturated heterocycles. The van der Waals surface area contributed by atoms with Crippen LogP contribution in [-0.4, -0.2) is 17.6 Å². The van der Waals surface area contributed by atoms with Crippen molar-refractivity contribution >= 4 is 11.8 Å². The lowest BCUT2D eigenvalue weighted by molar-refractivity contribution is -0.142. The van der Waals surface area contributed by atoms with Gasteiger partial charge in [0.15, 0.2) is 0 Å². The first-order chi connectivity index (χ1) is 7.95. The molecular formula is C10H11F3N2O2. The molecule has 94 valence electrons. The van der Waals surface area contributed by atoms with Gasteiger partial charge >= 0.3 is 5.97 Å². The van der Waals surface area contributed by atoms with E-state index in [-0.39, 0.29) is 18.7 Å². The van der Waals surface area contributed by atoms with E-state index in [0.29, 0.717) is 0 Å². The average Bonchev–Trinajstić information content (AvgIpc) is 2.15. The van der Waals surface area contributed by atoms with Gasteiger partial charge in [0, 0.05) is 0 Å². The second-order valence-corrected chi connectivity index (χ2v) is 3.18. The Labute approximate surface area is 95.6 Å². The van der Waals surface area contributed by atoms with Crippen molar-refractivity contribution in [1.29, 1.82) is 0 Å². The summed E-state index contributed by atoms with van der Waals surface area (Å²) in [5.74, 6) is -2.41. The van der Waals surface area contributed by atoms with Crippen LogP contribution in [0.25, 0.3) is 0 Å². The van der Waals surface area contributed by atoms with Gasteiger partial charge in [-0.3, -0.25) is 4.79 Å². The number of carbonyl (C=O) groups is 1. The fraction of sp³-hybridized carbons (Fsp3) is 0.400. The summed E-state index contributed by atoms with van der Waals surface area (Å²) in [4.78, 5) is 14.6. The number of hydrogen-bond donors (Lipinski definition) is 1. The zero-order valence-corrected chi connectivity index (χ0v) is 9.04. The van der Waals surface area contributed by atoms with Crippen LogP contribution in [0.3, 0.4) is 0 Å². The van der Waals surface area contributed by atoms with Crippen molar-refractivity contribution in [2.75, 3.05) is 12.3 Å². The molecule has 2 N–H and O–H groups in total. The second kappa shape index (κ2) is 5.51. The molecule has 0 aliphatic rings. The first kappa shape index (κ1) is 13.3. The highest BCUT2D eigenvalue weighted by atomic mass is 19.3. The minimum Gasteiger partial charge on any atom is -0.466 e. The Balaban J connectivity index is 2.94. The van der Waals surface area contributed by atoms with Gasteiger partial charge in [-0.2, -0.15) is 0 Å². The number of anilines is 1. The van der Waals surface area contributed by atoms with E-state index in [0.717, 1.165) is 6.07 Å². The van der Waals surface area contributed by atoms with Crippen LogP contribution in [0.4, 0.5) is 19.0 Å². The average molecular weight is 248 g/mol. The summed E-state index contributed by atoms with van der Waals surface area (Å²) in [6.45, 7) is 1.78. The standard InChI is InChI=1S/C10H11F3N2O2/c1-2-17-7(16)4-5-3-6(11)8(9(12)13)10(14)15-5/h3,9H,2,4H2,1H3,(H2,14,15). The molecule has 4 nitrogen and oxygen atoms in total. The van der Waals surface area contributed by atoms with Crippen molar-refractivity contribution in [3.63, 3.8) is 0 Å². The third kappa shape index (κ3) is 3.33. The Hall–Kier alpha value is -1.79. The van der Waals surface area contributed by atoms with Crippen molar-refractivity contribution in [1.82, 2.24) is 4.98 Å². The highest BCUT2D eigenvalue weighted by Crippen LogP contribution is 2.27. The molecule has 1 heterocycles. The molecule has 0 atom stereocenters. The van der Waals surface area contributed by atoms with Gasteiger partial charge in [-0.25, -0.2) is 18.2 Å². The number of alkyl halides is 2. The monoisotopic (exact) mass is 248 g/mol. The highest BCUT2D eigenvalue weighted by Gasteiger charge is 2.20. The highest BCUT2D eigenvalue weighted by molar-refractivity contribution is 5.72. The van der Waals surface area contributed by atoms with Gasteiger partial charge in [-0.15, -0.1) is 0 Å². The maximum absolute atomic E-state index is 13.2. The predicted octanol–water partition coefficient (Wildman–Crippen LogP) is 1.85. The molecule has 7 heteroatoms. The van der Waals surface area contributed by atoms with Crippen LogP contribution >= 0.6 is 0 Å². The van der Waals surface area contributed by atoms with E-state index < -0.39 is 29.6 Å². The fourth-order valence-corrected chi connectivity index (χ4v) is 1.26. The van der Waals surface area contributed by atoms with Crippen molar-refractivity contribution < 1.29 is 22.7 Å². The van der Waals surface area contributed by atoms with E-state index in [9.17, 15) is 18.0 Å². The van der Waals surface area contributed by atoms with Crippen molar-refractivity contribution in [3.8, 4) is 0 Å². The van der Waals surface area contributed by atoms with Gasteiger partial charge < -0.3 is 10.5 Å². The maximum Gasteiger partial charge on any atom is 0.311 e. The van der Waals surface area contributed by atoms with Crippen LogP contribution in [0.1, 0.15) is 24.6 Å². The van der Waals surface area contributed by atoms with Gasteiger partial charge in [-0.05, 0) is 13.0 Å². The topological polar surface area (TPSA) is 65.2 Å². The van der Waals surface area contributed by atoms with Crippen LogP contribution in [0.15, 0.2) is 6.07 Å². The van der Waals surface area contributed by atoms with Gasteiger partial charge in [0.05, 0.1) is 24.3 Å². The van der Waals surface area contributed by atoms with Gasteiger partial charge in [-0.1, -0.05) is 0 Å². The summed E-state index contributed by atoms with van der Waals surface area (Å²) in [7, 11) is 0. The predicted molar refractivity (Wildman–Crippen MR) is 53.9 cm³/mol. The Morgan fingerprint density at radius 2 is 2.24 bits per heavy atom. The summed E-state index contributed by atoms with van der Waals surface area (Å²) in [6, 6.07) is 0.759. The minimum atomic E-state index is -3.04. The first-order valence-electron chi connectivity index (χ1n) is 4.84. The molecule has 0 fully saturated rings. The summed E-state index contributed by atoms with van der Waals surface area (Å²) >= 11 is 0. The number of ether oxygens (including phenoxy) is 1. The molecule has 0 spiro atoms. The van der Waals surface area contributed by atoms with Crippen molar-refractivity contribution in [2.24, 2.45) is 0 Å². The number of nitrogen functional groups attached to an aromatic ring is 1. The van der Waals surface area contributed by atoms with E-state index in [1.165, 1.54) is 0 Å². The molecular weight excluding hydrogens is 237 g/mol. The van der Waals surface area contributed by atoms with Gasteiger partial charge in [0.25, 0.3) is 6.43 Å². The lowest BCUT2D eigenvalue weighted by atomic mass is 10.2. The molecule has 0 saturated carbocycles. The summed E-state index contributed by atoms with van der Waals surface area (Å²) in [5.41, 5.74) is 4.20. The first-order valence-corrected chi connectivity index (χ1v) is 4.84. The molecule has 17 heavy (non-hydrogen) atoms. The zero-order valence-electron chi connectivity index (χ0n) is 9.04. The third-order valence-electron chi connectivity index (χ3n) is 1.94. The minimum absolute atomic E-state index is 0.0390. The lowest BCUT2D eigenvalue weighted by Gasteiger charge is -2.08. The summed E-state index contributed by atoms with van der Waals surface area (Å²) in [5, 5.41) is 0. The van der Waals surface area contributed by atoms with E-state index in [1.54, 1.807) is 6.92 Å². The van der Waals surface area contributed by atoms with Gasteiger partial charge in [0.2, 0.25) is 0 Å². The molecule has 0 radical (unpaired) electrons. The number of rotatable bonds is 4. The van der Waals surface area contributed by atoms with E-state index in [1.807, 2.05) is 0 Å². The molecule has 1 aromatic heterocycles. The Kier molecular flexibility index (Phi) is 4.30. The molecule has 1 aromatic rings. The summed E-state index contributed by atoms with van der Waals surface area (Å²) < 4.78 is 42.6. The maximum atomic E-state index is 13.2. The van der Waals surface area contributed by atoms with Crippen LogP contribution in [0.5, 0.6) is 0 Å². The Bertz CT molecular complexity index is 401. The number of esters is 1.